The number of carbonyl (C=O) groups is 1. The molecule has 0 aromatic heterocycles. The van der Waals surface area contributed by atoms with Gasteiger partial charge in [-0.3, -0.25) is 4.79 Å². The average molecular weight is 288 g/mol. The van der Waals surface area contributed by atoms with Crippen LogP contribution in [0.2, 0.25) is 0 Å². The lowest BCUT2D eigenvalue weighted by molar-refractivity contribution is -0.122. The molecule has 2 N–H and O–H groups in total. The Morgan fingerprint density at radius 1 is 1.24 bits per heavy atom. The molecule has 0 aliphatic carbocycles. The van der Waals surface area contributed by atoms with Crippen LogP contribution in [0.4, 0.5) is 0 Å². The Balaban J connectivity index is 1.84. The Labute approximate surface area is 128 Å². The number of carbonyl (C=O) groups excluding carboxylic acids is 1. The molecular weight excluding hydrogens is 260 g/mol. The van der Waals surface area contributed by atoms with Crippen molar-refractivity contribution < 1.29 is 4.79 Å². The second-order valence-electron chi connectivity index (χ2n) is 6.53. The van der Waals surface area contributed by atoms with Gasteiger partial charge in [-0.2, -0.15) is 0 Å². The zero-order valence-electron chi connectivity index (χ0n) is 13.5. The van der Waals surface area contributed by atoms with Crippen LogP contribution in [-0.4, -0.2) is 19.0 Å². The Kier molecular flexibility index (Phi) is 5.80. The van der Waals surface area contributed by atoms with Gasteiger partial charge in [-0.1, -0.05) is 38.1 Å². The summed E-state index contributed by atoms with van der Waals surface area (Å²) in [5, 5.41) is 6.49. The lowest BCUT2D eigenvalue weighted by Crippen LogP contribution is -2.35. The number of rotatable bonds is 5. The van der Waals surface area contributed by atoms with E-state index in [1.54, 1.807) is 0 Å². The van der Waals surface area contributed by atoms with Gasteiger partial charge in [-0.05, 0) is 55.8 Å². The summed E-state index contributed by atoms with van der Waals surface area (Å²) >= 11 is 0. The van der Waals surface area contributed by atoms with Gasteiger partial charge in [0.25, 0.3) is 0 Å². The first-order valence-electron chi connectivity index (χ1n) is 8.16. The summed E-state index contributed by atoms with van der Waals surface area (Å²) in [7, 11) is 0. The molecule has 1 aromatic carbocycles. The molecule has 1 amide bonds. The number of amides is 1. The minimum atomic E-state index is 0.0789. The van der Waals surface area contributed by atoms with Crippen molar-refractivity contribution in [1.29, 1.82) is 0 Å². The van der Waals surface area contributed by atoms with Gasteiger partial charge in [0.15, 0.2) is 0 Å². The number of nitrogens with one attached hydrogen (secondary N) is 2. The molecular formula is C18H28N2O. The van der Waals surface area contributed by atoms with Crippen LogP contribution >= 0.6 is 0 Å². The van der Waals surface area contributed by atoms with Crippen molar-refractivity contribution in [2.75, 3.05) is 13.1 Å². The van der Waals surface area contributed by atoms with E-state index in [9.17, 15) is 4.79 Å². The number of benzene rings is 1. The molecule has 0 bridgehead atoms. The first-order chi connectivity index (χ1) is 10.1. The molecule has 1 aromatic rings. The van der Waals surface area contributed by atoms with Crippen molar-refractivity contribution in [3.8, 4) is 0 Å². The maximum absolute atomic E-state index is 12.1. The summed E-state index contributed by atoms with van der Waals surface area (Å²) in [4.78, 5) is 12.1. The van der Waals surface area contributed by atoms with Gasteiger partial charge >= 0.3 is 0 Å². The number of hydrogen-bond donors (Lipinski definition) is 2. The van der Waals surface area contributed by atoms with Crippen LogP contribution in [0.5, 0.6) is 0 Å². The van der Waals surface area contributed by atoms with Gasteiger partial charge in [-0.25, -0.2) is 0 Å². The third kappa shape index (κ3) is 4.85. The first-order valence-corrected chi connectivity index (χ1v) is 8.16. The van der Waals surface area contributed by atoms with E-state index in [1.807, 2.05) is 0 Å². The standard InChI is InChI=1S/C18H28N2O/c1-13(2)16-6-8-17(9-7-16)14(3)20-18(21)11-15-5-4-10-19-12-15/h6-9,13-15,19H,4-5,10-12H2,1-3H3,(H,20,21). The second kappa shape index (κ2) is 7.60. The lowest BCUT2D eigenvalue weighted by Gasteiger charge is -2.23. The van der Waals surface area contributed by atoms with Crippen LogP contribution in [0.3, 0.4) is 0 Å². The normalized spacial score (nSPS) is 20.3. The molecule has 1 aliphatic heterocycles. The van der Waals surface area contributed by atoms with E-state index in [2.05, 4.69) is 55.7 Å². The maximum Gasteiger partial charge on any atom is 0.220 e. The van der Waals surface area contributed by atoms with E-state index < -0.39 is 0 Å². The van der Waals surface area contributed by atoms with Crippen molar-refractivity contribution in [3.05, 3.63) is 35.4 Å². The van der Waals surface area contributed by atoms with E-state index in [0.717, 1.165) is 19.5 Å². The molecule has 116 valence electrons. The molecule has 2 rings (SSSR count). The number of hydrogen-bond acceptors (Lipinski definition) is 2. The van der Waals surface area contributed by atoms with E-state index in [4.69, 9.17) is 0 Å². The van der Waals surface area contributed by atoms with Gasteiger partial charge in [0.05, 0.1) is 6.04 Å². The summed E-state index contributed by atoms with van der Waals surface area (Å²) in [6.07, 6.45) is 2.99. The molecule has 3 heteroatoms. The number of piperidine rings is 1. The first kappa shape index (κ1) is 16.0. The van der Waals surface area contributed by atoms with Crippen molar-refractivity contribution in [2.24, 2.45) is 5.92 Å². The van der Waals surface area contributed by atoms with E-state index >= 15 is 0 Å². The molecule has 3 nitrogen and oxygen atoms in total. The average Bonchev–Trinajstić information content (AvgIpc) is 2.48. The van der Waals surface area contributed by atoms with Crippen LogP contribution in [0, 0.1) is 5.92 Å². The van der Waals surface area contributed by atoms with E-state index in [-0.39, 0.29) is 11.9 Å². The SMILES string of the molecule is CC(C)c1ccc(C(C)NC(=O)CC2CCCNC2)cc1. The molecule has 0 spiro atoms. The Hall–Kier alpha value is -1.35. The highest BCUT2D eigenvalue weighted by Crippen LogP contribution is 2.19. The lowest BCUT2D eigenvalue weighted by atomic mass is 9.95. The summed E-state index contributed by atoms with van der Waals surface area (Å²) in [5.74, 6) is 1.21. The molecule has 1 aliphatic rings. The van der Waals surface area contributed by atoms with E-state index in [0.29, 0.717) is 18.3 Å². The quantitative estimate of drug-likeness (QED) is 0.872. The van der Waals surface area contributed by atoms with Crippen molar-refractivity contribution in [3.63, 3.8) is 0 Å². The van der Waals surface area contributed by atoms with Crippen LogP contribution in [0.25, 0.3) is 0 Å². The van der Waals surface area contributed by atoms with E-state index in [1.165, 1.54) is 17.5 Å². The minimum absolute atomic E-state index is 0.0789. The van der Waals surface area contributed by atoms with Gasteiger partial charge < -0.3 is 10.6 Å². The smallest absolute Gasteiger partial charge is 0.220 e. The van der Waals surface area contributed by atoms with Crippen LogP contribution in [0.15, 0.2) is 24.3 Å². The van der Waals surface area contributed by atoms with Crippen molar-refractivity contribution >= 4 is 5.91 Å². The fraction of sp³-hybridized carbons (Fsp3) is 0.611. The van der Waals surface area contributed by atoms with Gasteiger partial charge in [-0.15, -0.1) is 0 Å². The molecule has 2 atom stereocenters. The molecule has 1 fully saturated rings. The predicted octanol–water partition coefficient (Wildman–Crippen LogP) is 3.38. The van der Waals surface area contributed by atoms with Gasteiger partial charge in [0.2, 0.25) is 5.91 Å². The molecule has 1 saturated heterocycles. The van der Waals surface area contributed by atoms with Crippen molar-refractivity contribution in [1.82, 2.24) is 10.6 Å². The fourth-order valence-electron chi connectivity index (χ4n) is 2.91. The highest BCUT2D eigenvalue weighted by atomic mass is 16.1. The van der Waals surface area contributed by atoms with Gasteiger partial charge in [0, 0.05) is 6.42 Å². The molecule has 0 saturated carbocycles. The second-order valence-corrected chi connectivity index (χ2v) is 6.53. The monoisotopic (exact) mass is 288 g/mol. The van der Waals surface area contributed by atoms with Crippen LogP contribution < -0.4 is 10.6 Å². The molecule has 2 unspecified atom stereocenters. The van der Waals surface area contributed by atoms with Crippen LogP contribution in [-0.2, 0) is 4.79 Å². The fourth-order valence-corrected chi connectivity index (χ4v) is 2.91. The molecule has 21 heavy (non-hydrogen) atoms. The summed E-state index contributed by atoms with van der Waals surface area (Å²) in [6, 6.07) is 8.65. The Morgan fingerprint density at radius 2 is 1.90 bits per heavy atom. The summed E-state index contributed by atoms with van der Waals surface area (Å²) < 4.78 is 0. The topological polar surface area (TPSA) is 41.1 Å². The predicted molar refractivity (Wildman–Crippen MR) is 87.3 cm³/mol. The zero-order chi connectivity index (χ0) is 15.2. The van der Waals surface area contributed by atoms with Gasteiger partial charge in [0.1, 0.15) is 0 Å². The largest absolute Gasteiger partial charge is 0.350 e. The minimum Gasteiger partial charge on any atom is -0.350 e. The Bertz CT molecular complexity index is 447. The highest BCUT2D eigenvalue weighted by Gasteiger charge is 2.18. The highest BCUT2D eigenvalue weighted by molar-refractivity contribution is 5.76. The summed E-state index contributed by atoms with van der Waals surface area (Å²) in [5.41, 5.74) is 2.51. The molecule has 1 heterocycles. The summed E-state index contributed by atoms with van der Waals surface area (Å²) in [6.45, 7) is 8.51. The molecule has 0 radical (unpaired) electrons. The maximum atomic E-state index is 12.1. The zero-order valence-corrected chi connectivity index (χ0v) is 13.5. The van der Waals surface area contributed by atoms with Crippen molar-refractivity contribution in [2.45, 2.75) is 52.0 Å². The van der Waals surface area contributed by atoms with Crippen LogP contribution in [0.1, 0.15) is 63.1 Å². The third-order valence-corrected chi connectivity index (χ3v) is 4.35. The third-order valence-electron chi connectivity index (χ3n) is 4.35. The Morgan fingerprint density at radius 3 is 2.48 bits per heavy atom.